The number of nitrogens with zero attached hydrogens (tertiary/aromatic N) is 1. The second-order valence-electron chi connectivity index (χ2n) is 7.32. The number of aromatic nitrogens is 1. The second-order valence-corrected chi connectivity index (χ2v) is 7.32. The zero-order valence-electron chi connectivity index (χ0n) is 17.4. The molecule has 1 N–H and O–H groups in total. The van der Waals surface area contributed by atoms with Crippen LogP contribution in [0.3, 0.4) is 0 Å². The van der Waals surface area contributed by atoms with E-state index < -0.39 is 0 Å². The molecule has 6 nitrogen and oxygen atoms in total. The van der Waals surface area contributed by atoms with Gasteiger partial charge in [-0.3, -0.25) is 4.79 Å². The molecule has 1 aliphatic heterocycles. The number of aromatic amines is 1. The lowest BCUT2D eigenvalue weighted by Gasteiger charge is -2.29. The number of nitrogens with one attached hydrogen (secondary N) is 1. The van der Waals surface area contributed by atoms with Gasteiger partial charge in [-0.15, -0.1) is 0 Å². The van der Waals surface area contributed by atoms with Crippen molar-refractivity contribution in [2.45, 2.75) is 73.0 Å². The van der Waals surface area contributed by atoms with E-state index in [1.165, 1.54) is 0 Å². The van der Waals surface area contributed by atoms with E-state index in [0.29, 0.717) is 25.4 Å². The van der Waals surface area contributed by atoms with Gasteiger partial charge in [-0.05, 0) is 57.6 Å². The predicted molar refractivity (Wildman–Crippen MR) is 105 cm³/mol. The molecule has 0 aliphatic carbocycles. The molecule has 0 aromatic carbocycles. The fourth-order valence-electron chi connectivity index (χ4n) is 3.79. The van der Waals surface area contributed by atoms with Crippen molar-refractivity contribution < 1.29 is 19.1 Å². The minimum atomic E-state index is -0.346. The number of rotatable bonds is 9. The molecule has 0 saturated carbocycles. The van der Waals surface area contributed by atoms with Crippen molar-refractivity contribution in [1.82, 2.24) is 9.88 Å². The molecule has 0 spiro atoms. The molecule has 1 fully saturated rings. The number of hydrogen-bond donors (Lipinski definition) is 1. The summed E-state index contributed by atoms with van der Waals surface area (Å²) in [4.78, 5) is 30.4. The Morgan fingerprint density at radius 1 is 1.26 bits per heavy atom. The van der Waals surface area contributed by atoms with Gasteiger partial charge in [0, 0.05) is 31.3 Å². The van der Waals surface area contributed by atoms with Crippen LogP contribution in [0.5, 0.6) is 0 Å². The van der Waals surface area contributed by atoms with Crippen molar-refractivity contribution in [2.24, 2.45) is 5.92 Å². The first-order chi connectivity index (χ1) is 12.9. The Kier molecular flexibility index (Phi) is 7.90. The monoisotopic (exact) mass is 378 g/mol. The van der Waals surface area contributed by atoms with E-state index in [9.17, 15) is 9.59 Å². The summed E-state index contributed by atoms with van der Waals surface area (Å²) in [6, 6.07) is 0. The SMILES string of the molecule is CCOC(=O)c1[nH]c(C)c(CN(C[C@@H]2CCCO2)C(=O)C(CC)CC)c1C. The van der Waals surface area contributed by atoms with Gasteiger partial charge in [-0.2, -0.15) is 0 Å². The molecule has 0 bridgehead atoms. The Morgan fingerprint density at radius 3 is 2.52 bits per heavy atom. The molecule has 1 amide bonds. The first kappa shape index (κ1) is 21.5. The molecule has 2 rings (SSSR count). The summed E-state index contributed by atoms with van der Waals surface area (Å²) in [6.45, 7) is 12.0. The summed E-state index contributed by atoms with van der Waals surface area (Å²) in [5.41, 5.74) is 3.25. The fourth-order valence-corrected chi connectivity index (χ4v) is 3.79. The van der Waals surface area contributed by atoms with Crippen LogP contribution >= 0.6 is 0 Å². The Labute approximate surface area is 162 Å². The van der Waals surface area contributed by atoms with Crippen molar-refractivity contribution in [1.29, 1.82) is 0 Å². The zero-order chi connectivity index (χ0) is 20.0. The van der Waals surface area contributed by atoms with Crippen LogP contribution in [-0.2, 0) is 20.8 Å². The molecule has 2 heterocycles. The highest BCUT2D eigenvalue weighted by Gasteiger charge is 2.28. The van der Waals surface area contributed by atoms with Gasteiger partial charge < -0.3 is 19.4 Å². The highest BCUT2D eigenvalue weighted by molar-refractivity contribution is 5.90. The maximum absolute atomic E-state index is 13.1. The topological polar surface area (TPSA) is 71.6 Å². The maximum atomic E-state index is 13.1. The van der Waals surface area contributed by atoms with Crippen LogP contribution in [0.1, 0.15) is 73.8 Å². The van der Waals surface area contributed by atoms with Gasteiger partial charge in [0.2, 0.25) is 5.91 Å². The van der Waals surface area contributed by atoms with Gasteiger partial charge in [0.05, 0.1) is 12.7 Å². The minimum absolute atomic E-state index is 0.0236. The molecule has 1 aliphatic rings. The van der Waals surface area contributed by atoms with E-state index in [0.717, 1.165) is 49.1 Å². The minimum Gasteiger partial charge on any atom is -0.461 e. The van der Waals surface area contributed by atoms with Gasteiger partial charge in [-0.25, -0.2) is 4.79 Å². The van der Waals surface area contributed by atoms with E-state index in [1.807, 2.05) is 18.7 Å². The van der Waals surface area contributed by atoms with Crippen LogP contribution in [0.15, 0.2) is 0 Å². The summed E-state index contributed by atoms with van der Waals surface area (Å²) in [5.74, 6) is -0.148. The van der Waals surface area contributed by atoms with Crippen LogP contribution in [0.2, 0.25) is 0 Å². The molecular formula is C21H34N2O4. The third kappa shape index (κ3) is 5.12. The number of H-pyrrole nitrogens is 1. The molecule has 6 heteroatoms. The van der Waals surface area contributed by atoms with Gasteiger partial charge in [0.15, 0.2) is 0 Å². The summed E-state index contributed by atoms with van der Waals surface area (Å²) < 4.78 is 10.9. The van der Waals surface area contributed by atoms with E-state index in [4.69, 9.17) is 9.47 Å². The summed E-state index contributed by atoms with van der Waals surface area (Å²) in [7, 11) is 0. The lowest BCUT2D eigenvalue weighted by Crippen LogP contribution is -2.40. The highest BCUT2D eigenvalue weighted by Crippen LogP contribution is 2.24. The van der Waals surface area contributed by atoms with Crippen molar-refractivity contribution in [3.63, 3.8) is 0 Å². The summed E-state index contributed by atoms with van der Waals surface area (Å²) in [6.07, 6.45) is 3.80. The number of amides is 1. The molecule has 27 heavy (non-hydrogen) atoms. The van der Waals surface area contributed by atoms with E-state index in [2.05, 4.69) is 18.8 Å². The van der Waals surface area contributed by atoms with E-state index in [-0.39, 0.29) is 23.9 Å². The second kappa shape index (κ2) is 9.93. The molecule has 152 valence electrons. The number of esters is 1. The predicted octanol–water partition coefficient (Wildman–Crippen LogP) is 3.75. The fraction of sp³-hybridized carbons (Fsp3) is 0.714. The van der Waals surface area contributed by atoms with Crippen molar-refractivity contribution in [3.8, 4) is 0 Å². The summed E-state index contributed by atoms with van der Waals surface area (Å²) in [5, 5.41) is 0. The third-order valence-corrected chi connectivity index (χ3v) is 5.52. The van der Waals surface area contributed by atoms with Crippen molar-refractivity contribution >= 4 is 11.9 Å². The van der Waals surface area contributed by atoms with Crippen LogP contribution < -0.4 is 0 Å². The maximum Gasteiger partial charge on any atom is 0.355 e. The third-order valence-electron chi connectivity index (χ3n) is 5.52. The lowest BCUT2D eigenvalue weighted by molar-refractivity contribution is -0.138. The Balaban J connectivity index is 2.25. The molecule has 1 saturated heterocycles. The normalized spacial score (nSPS) is 16.7. The molecule has 1 atom stereocenters. The van der Waals surface area contributed by atoms with Gasteiger partial charge >= 0.3 is 5.97 Å². The van der Waals surface area contributed by atoms with Crippen molar-refractivity contribution in [2.75, 3.05) is 19.8 Å². The Bertz CT molecular complexity index is 643. The molecule has 1 aromatic rings. The molecule has 0 radical (unpaired) electrons. The standard InChI is InChI=1S/C21H34N2O4/c1-6-16(7-2)20(24)23(12-17-10-9-11-27-17)13-18-14(4)19(22-15(18)5)21(25)26-8-3/h16-17,22H,6-13H2,1-5H3/t17-/m0/s1. The smallest absolute Gasteiger partial charge is 0.355 e. The van der Waals surface area contributed by atoms with Crippen LogP contribution in [0.4, 0.5) is 0 Å². The number of ether oxygens (including phenoxy) is 2. The molecule has 0 unspecified atom stereocenters. The Morgan fingerprint density at radius 2 is 1.96 bits per heavy atom. The average molecular weight is 379 g/mol. The van der Waals surface area contributed by atoms with Crippen LogP contribution in [0.25, 0.3) is 0 Å². The van der Waals surface area contributed by atoms with Crippen LogP contribution in [-0.4, -0.2) is 47.6 Å². The lowest BCUT2D eigenvalue weighted by atomic mass is 10.0. The highest BCUT2D eigenvalue weighted by atomic mass is 16.5. The Hall–Kier alpha value is -1.82. The zero-order valence-corrected chi connectivity index (χ0v) is 17.4. The van der Waals surface area contributed by atoms with Crippen LogP contribution in [0, 0.1) is 19.8 Å². The first-order valence-electron chi connectivity index (χ1n) is 10.2. The number of hydrogen-bond acceptors (Lipinski definition) is 4. The largest absolute Gasteiger partial charge is 0.461 e. The first-order valence-corrected chi connectivity index (χ1v) is 10.2. The molecular weight excluding hydrogens is 344 g/mol. The number of aryl methyl sites for hydroxylation is 1. The molecule has 1 aromatic heterocycles. The number of carbonyl (C=O) groups is 2. The van der Waals surface area contributed by atoms with Gasteiger partial charge in [0.25, 0.3) is 0 Å². The van der Waals surface area contributed by atoms with Gasteiger partial charge in [0.1, 0.15) is 5.69 Å². The van der Waals surface area contributed by atoms with E-state index >= 15 is 0 Å². The van der Waals surface area contributed by atoms with Gasteiger partial charge in [-0.1, -0.05) is 13.8 Å². The quantitative estimate of drug-likeness (QED) is 0.664. The van der Waals surface area contributed by atoms with Crippen molar-refractivity contribution in [3.05, 3.63) is 22.5 Å². The average Bonchev–Trinajstić information content (AvgIpc) is 3.25. The van der Waals surface area contributed by atoms with E-state index in [1.54, 1.807) is 6.92 Å². The summed E-state index contributed by atoms with van der Waals surface area (Å²) >= 11 is 0. The number of carbonyl (C=O) groups excluding carboxylic acids is 2.